The van der Waals surface area contributed by atoms with E-state index in [1.165, 1.54) is 25.3 Å². The fourth-order valence-corrected chi connectivity index (χ4v) is 2.11. The van der Waals surface area contributed by atoms with Gasteiger partial charge in [-0.25, -0.2) is 4.39 Å². The molecule has 1 unspecified atom stereocenters. The van der Waals surface area contributed by atoms with Gasteiger partial charge in [0.25, 0.3) is 0 Å². The maximum absolute atomic E-state index is 13.9. The van der Waals surface area contributed by atoms with E-state index < -0.39 is 17.5 Å². The number of carbonyl (C=O) groups is 1. The summed E-state index contributed by atoms with van der Waals surface area (Å²) in [5.74, 6) is -1.92. The van der Waals surface area contributed by atoms with E-state index in [0.29, 0.717) is 11.3 Å². The van der Waals surface area contributed by atoms with Gasteiger partial charge in [0.05, 0.1) is 23.8 Å². The van der Waals surface area contributed by atoms with Crippen LogP contribution >= 0.6 is 11.6 Å². The summed E-state index contributed by atoms with van der Waals surface area (Å²) in [7, 11) is 1.52. The summed E-state index contributed by atoms with van der Waals surface area (Å²) in [6.45, 7) is 0. The van der Waals surface area contributed by atoms with Crippen molar-refractivity contribution in [1.29, 1.82) is 5.26 Å². The molecule has 0 aliphatic rings. The first kappa shape index (κ1) is 15.0. The van der Waals surface area contributed by atoms with Crippen molar-refractivity contribution in [3.8, 4) is 11.8 Å². The molecule has 106 valence electrons. The van der Waals surface area contributed by atoms with Crippen molar-refractivity contribution in [2.24, 2.45) is 0 Å². The molecule has 0 radical (unpaired) electrons. The topological polar surface area (TPSA) is 50.1 Å². The van der Waals surface area contributed by atoms with Crippen LogP contribution in [0.25, 0.3) is 0 Å². The highest BCUT2D eigenvalue weighted by atomic mass is 35.5. The van der Waals surface area contributed by atoms with Crippen LogP contribution in [0.15, 0.2) is 42.5 Å². The molecule has 2 aromatic rings. The average molecular weight is 304 g/mol. The van der Waals surface area contributed by atoms with Crippen molar-refractivity contribution in [2.75, 3.05) is 7.11 Å². The summed E-state index contributed by atoms with van der Waals surface area (Å²) in [5, 5.41) is 9.09. The molecule has 2 rings (SSSR count). The molecule has 1 atom stereocenters. The van der Waals surface area contributed by atoms with Gasteiger partial charge in [0.15, 0.2) is 11.6 Å². The van der Waals surface area contributed by atoms with Gasteiger partial charge < -0.3 is 4.74 Å². The van der Waals surface area contributed by atoms with Crippen molar-refractivity contribution >= 4 is 17.4 Å². The lowest BCUT2D eigenvalue weighted by molar-refractivity contribution is 0.0975. The lowest BCUT2D eigenvalue weighted by Gasteiger charge is -2.10. The molecular weight excluding hydrogens is 293 g/mol. The Morgan fingerprint density at radius 3 is 2.52 bits per heavy atom. The van der Waals surface area contributed by atoms with E-state index in [4.69, 9.17) is 16.3 Å². The number of halogens is 2. The van der Waals surface area contributed by atoms with Gasteiger partial charge in [0.1, 0.15) is 11.7 Å². The fraction of sp³-hybridized carbons (Fsp3) is 0.125. The standard InChI is InChI=1S/C16H11ClFNO2/c1-21-11-7-5-10(6-8-11)13(9-19)16(20)12-3-2-4-14(17)15(12)18/h2-8,13H,1H3. The van der Waals surface area contributed by atoms with E-state index in [9.17, 15) is 14.4 Å². The van der Waals surface area contributed by atoms with Crippen molar-refractivity contribution in [1.82, 2.24) is 0 Å². The highest BCUT2D eigenvalue weighted by Gasteiger charge is 2.25. The van der Waals surface area contributed by atoms with Gasteiger partial charge in [-0.15, -0.1) is 0 Å². The Balaban J connectivity index is 2.39. The molecule has 0 bridgehead atoms. The Morgan fingerprint density at radius 2 is 1.95 bits per heavy atom. The minimum atomic E-state index is -1.09. The quantitative estimate of drug-likeness (QED) is 0.803. The van der Waals surface area contributed by atoms with Gasteiger partial charge in [0, 0.05) is 0 Å². The largest absolute Gasteiger partial charge is 0.497 e. The molecule has 0 spiro atoms. The van der Waals surface area contributed by atoms with Crippen LogP contribution in [0, 0.1) is 17.1 Å². The Hall–Kier alpha value is -2.38. The number of benzene rings is 2. The zero-order valence-corrected chi connectivity index (χ0v) is 11.9. The summed E-state index contributed by atoms with van der Waals surface area (Å²) in [6, 6.07) is 12.5. The number of Topliss-reactive ketones (excluding diaryl/α,β-unsaturated/α-hetero) is 1. The van der Waals surface area contributed by atoms with Crippen LogP contribution in [0.3, 0.4) is 0 Å². The molecule has 0 aliphatic heterocycles. The van der Waals surface area contributed by atoms with Crippen LogP contribution in [0.4, 0.5) is 4.39 Å². The van der Waals surface area contributed by atoms with E-state index in [0.717, 1.165) is 0 Å². The molecule has 21 heavy (non-hydrogen) atoms. The van der Waals surface area contributed by atoms with Gasteiger partial charge in [-0.05, 0) is 29.8 Å². The van der Waals surface area contributed by atoms with Crippen LogP contribution in [0.5, 0.6) is 5.75 Å². The Labute approximate surface area is 126 Å². The zero-order chi connectivity index (χ0) is 15.4. The van der Waals surface area contributed by atoms with E-state index in [2.05, 4.69) is 0 Å². The minimum Gasteiger partial charge on any atom is -0.497 e. The van der Waals surface area contributed by atoms with Gasteiger partial charge in [-0.1, -0.05) is 29.8 Å². The first-order valence-electron chi connectivity index (χ1n) is 6.10. The summed E-state index contributed by atoms with van der Waals surface area (Å²) in [6.07, 6.45) is 0. The van der Waals surface area contributed by atoms with Crippen LogP contribution in [0.2, 0.25) is 5.02 Å². The highest BCUT2D eigenvalue weighted by molar-refractivity contribution is 6.31. The molecule has 0 aromatic heterocycles. The van der Waals surface area contributed by atoms with Gasteiger partial charge >= 0.3 is 0 Å². The number of ether oxygens (including phenoxy) is 1. The summed E-state index contributed by atoms with van der Waals surface area (Å²) < 4.78 is 18.9. The number of ketones is 1. The van der Waals surface area contributed by atoms with Crippen LogP contribution in [-0.4, -0.2) is 12.9 Å². The molecule has 0 amide bonds. The van der Waals surface area contributed by atoms with E-state index in [1.54, 1.807) is 24.3 Å². The van der Waals surface area contributed by atoms with E-state index in [1.807, 2.05) is 6.07 Å². The maximum atomic E-state index is 13.9. The molecule has 5 heteroatoms. The second-order valence-corrected chi connectivity index (χ2v) is 4.71. The molecule has 3 nitrogen and oxygen atoms in total. The van der Waals surface area contributed by atoms with Crippen LogP contribution in [0.1, 0.15) is 21.8 Å². The number of carbonyl (C=O) groups excluding carboxylic acids is 1. The second kappa shape index (κ2) is 6.38. The van der Waals surface area contributed by atoms with Crippen LogP contribution < -0.4 is 4.74 Å². The Bertz CT molecular complexity index is 707. The molecule has 0 heterocycles. The number of rotatable bonds is 4. The summed E-state index contributed by atoms with van der Waals surface area (Å²) in [5.41, 5.74) is 0.285. The zero-order valence-electron chi connectivity index (χ0n) is 11.1. The maximum Gasteiger partial charge on any atom is 0.187 e. The lowest BCUT2D eigenvalue weighted by atomic mass is 9.91. The minimum absolute atomic E-state index is 0.146. The molecule has 0 N–H and O–H groups in total. The van der Waals surface area contributed by atoms with Crippen molar-refractivity contribution in [3.05, 3.63) is 64.4 Å². The van der Waals surface area contributed by atoms with Gasteiger partial charge in [0.2, 0.25) is 0 Å². The summed E-state index contributed by atoms with van der Waals surface area (Å²) in [4.78, 5) is 12.4. The third-order valence-electron chi connectivity index (χ3n) is 3.06. The van der Waals surface area contributed by atoms with Gasteiger partial charge in [-0.3, -0.25) is 4.79 Å². The summed E-state index contributed by atoms with van der Waals surface area (Å²) >= 11 is 5.66. The Morgan fingerprint density at radius 1 is 1.29 bits per heavy atom. The van der Waals surface area contributed by atoms with Crippen molar-refractivity contribution in [3.63, 3.8) is 0 Å². The van der Waals surface area contributed by atoms with Crippen LogP contribution in [-0.2, 0) is 0 Å². The molecular formula is C16H11ClFNO2. The van der Waals surface area contributed by atoms with Gasteiger partial charge in [-0.2, -0.15) is 5.26 Å². The molecule has 2 aromatic carbocycles. The number of hydrogen-bond acceptors (Lipinski definition) is 3. The predicted octanol–water partition coefficient (Wildman–Crippen LogP) is 3.98. The Kier molecular flexibility index (Phi) is 4.56. The molecule has 0 fully saturated rings. The van der Waals surface area contributed by atoms with Crippen molar-refractivity contribution in [2.45, 2.75) is 5.92 Å². The predicted molar refractivity (Wildman–Crippen MR) is 77.1 cm³/mol. The van der Waals surface area contributed by atoms with E-state index >= 15 is 0 Å². The molecule has 0 saturated heterocycles. The average Bonchev–Trinajstić information content (AvgIpc) is 2.51. The SMILES string of the molecule is COc1ccc(C(C#N)C(=O)c2cccc(Cl)c2F)cc1. The molecule has 0 aliphatic carbocycles. The smallest absolute Gasteiger partial charge is 0.187 e. The number of nitriles is 1. The third kappa shape index (κ3) is 3.04. The van der Waals surface area contributed by atoms with Crippen molar-refractivity contribution < 1.29 is 13.9 Å². The first-order valence-corrected chi connectivity index (χ1v) is 6.48. The highest BCUT2D eigenvalue weighted by Crippen LogP contribution is 2.26. The second-order valence-electron chi connectivity index (χ2n) is 4.30. The normalized spacial score (nSPS) is 11.5. The number of nitrogens with zero attached hydrogens (tertiary/aromatic N) is 1. The monoisotopic (exact) mass is 303 g/mol. The number of hydrogen-bond donors (Lipinski definition) is 0. The molecule has 0 saturated carbocycles. The first-order chi connectivity index (χ1) is 10.1. The van der Waals surface area contributed by atoms with E-state index in [-0.39, 0.29) is 10.6 Å². The third-order valence-corrected chi connectivity index (χ3v) is 3.35. The number of methoxy groups -OCH3 is 1. The lowest BCUT2D eigenvalue weighted by Crippen LogP contribution is -2.13. The fourth-order valence-electron chi connectivity index (χ4n) is 1.93.